The van der Waals surface area contributed by atoms with Gasteiger partial charge >= 0.3 is 0 Å². The average Bonchev–Trinajstić information content (AvgIpc) is 2.25. The molecule has 0 bridgehead atoms. The first-order valence-corrected chi connectivity index (χ1v) is 7.24. The van der Waals surface area contributed by atoms with Gasteiger partial charge in [-0.25, -0.2) is 0 Å². The number of hydrogen-bond donors (Lipinski definition) is 1. The summed E-state index contributed by atoms with van der Waals surface area (Å²) in [7, 11) is 0. The van der Waals surface area contributed by atoms with E-state index in [1.54, 1.807) is 0 Å². The van der Waals surface area contributed by atoms with Crippen molar-refractivity contribution in [3.63, 3.8) is 0 Å². The molecule has 3 nitrogen and oxygen atoms in total. The third-order valence-electron chi connectivity index (χ3n) is 3.72. The Labute approximate surface area is 116 Å². The summed E-state index contributed by atoms with van der Waals surface area (Å²) in [6, 6.07) is 0. The van der Waals surface area contributed by atoms with Gasteiger partial charge in [0, 0.05) is 19.4 Å². The molecule has 1 rings (SSSR count). The van der Waals surface area contributed by atoms with Crippen molar-refractivity contribution in [2.24, 2.45) is 5.41 Å². The molecule has 0 aliphatic heterocycles. The monoisotopic (exact) mass is 266 g/mol. The van der Waals surface area contributed by atoms with E-state index in [1.165, 1.54) is 0 Å². The maximum atomic E-state index is 12.1. The molecule has 0 spiro atoms. The van der Waals surface area contributed by atoms with Gasteiger partial charge in [0.1, 0.15) is 0 Å². The van der Waals surface area contributed by atoms with Gasteiger partial charge < -0.3 is 5.11 Å². The summed E-state index contributed by atoms with van der Waals surface area (Å²) < 4.78 is 0. The van der Waals surface area contributed by atoms with Crippen LogP contribution in [0.3, 0.4) is 0 Å². The number of aliphatic hydroxyl groups excluding tert-OH is 1. The first-order chi connectivity index (χ1) is 8.87. The summed E-state index contributed by atoms with van der Waals surface area (Å²) in [5.41, 5.74) is 1.25. The minimum atomic E-state index is -0.181. The van der Waals surface area contributed by atoms with Gasteiger partial charge in [0.05, 0.1) is 5.57 Å². The van der Waals surface area contributed by atoms with Crippen molar-refractivity contribution in [1.29, 1.82) is 0 Å². The topological polar surface area (TPSA) is 54.4 Å². The van der Waals surface area contributed by atoms with E-state index < -0.39 is 0 Å². The molecule has 0 heterocycles. The maximum absolute atomic E-state index is 12.1. The normalized spacial score (nSPS) is 18.8. The zero-order valence-corrected chi connectivity index (χ0v) is 12.4. The standard InChI is InChI=1S/C16H26O3/c1-12(8-6-4-5-7-9-17)15-13(18)10-16(2,3)11-14(15)19/h17H,4-11H2,1-3H3. The van der Waals surface area contributed by atoms with Crippen LogP contribution in [-0.4, -0.2) is 23.3 Å². The summed E-state index contributed by atoms with van der Waals surface area (Å²) in [5, 5.41) is 8.70. The molecule has 0 unspecified atom stereocenters. The number of carbonyl (C=O) groups is 2. The Bertz CT molecular complexity index is 355. The Morgan fingerprint density at radius 3 is 2.11 bits per heavy atom. The van der Waals surface area contributed by atoms with Crippen LogP contribution in [0.4, 0.5) is 0 Å². The van der Waals surface area contributed by atoms with Crippen LogP contribution in [0.2, 0.25) is 0 Å². The van der Waals surface area contributed by atoms with Crippen LogP contribution in [-0.2, 0) is 9.59 Å². The first-order valence-electron chi connectivity index (χ1n) is 7.24. The largest absolute Gasteiger partial charge is 0.396 e. The van der Waals surface area contributed by atoms with Gasteiger partial charge in [-0.05, 0) is 31.6 Å². The van der Waals surface area contributed by atoms with Gasteiger partial charge in [-0.3, -0.25) is 9.59 Å². The lowest BCUT2D eigenvalue weighted by Crippen LogP contribution is -2.32. The van der Waals surface area contributed by atoms with Crippen molar-refractivity contribution >= 4 is 11.6 Å². The highest BCUT2D eigenvalue weighted by molar-refractivity contribution is 6.22. The Balaban J connectivity index is 2.58. The second-order valence-corrected chi connectivity index (χ2v) is 6.41. The predicted molar refractivity (Wildman–Crippen MR) is 75.9 cm³/mol. The lowest BCUT2D eigenvalue weighted by Gasteiger charge is -2.29. The number of hydrogen-bond acceptors (Lipinski definition) is 3. The van der Waals surface area contributed by atoms with Gasteiger partial charge in [0.25, 0.3) is 0 Å². The number of rotatable bonds is 6. The molecule has 1 aliphatic rings. The quantitative estimate of drug-likeness (QED) is 0.456. The van der Waals surface area contributed by atoms with Gasteiger partial charge in [-0.15, -0.1) is 0 Å². The Hall–Kier alpha value is -0.960. The summed E-state index contributed by atoms with van der Waals surface area (Å²) >= 11 is 0. The molecule has 0 amide bonds. The van der Waals surface area contributed by atoms with Crippen LogP contribution >= 0.6 is 0 Å². The summed E-state index contributed by atoms with van der Waals surface area (Å²) in [6.07, 6.45) is 5.65. The molecule has 0 aromatic heterocycles. The number of carbonyl (C=O) groups excluding carboxylic acids is 2. The van der Waals surface area contributed by atoms with Crippen LogP contribution in [0.5, 0.6) is 0 Å². The Morgan fingerprint density at radius 1 is 1.05 bits per heavy atom. The van der Waals surface area contributed by atoms with E-state index in [0.29, 0.717) is 18.4 Å². The van der Waals surface area contributed by atoms with E-state index in [2.05, 4.69) is 0 Å². The second-order valence-electron chi connectivity index (χ2n) is 6.41. The van der Waals surface area contributed by atoms with Crippen molar-refractivity contribution in [1.82, 2.24) is 0 Å². The van der Waals surface area contributed by atoms with E-state index in [4.69, 9.17) is 5.11 Å². The van der Waals surface area contributed by atoms with Crippen molar-refractivity contribution in [3.8, 4) is 0 Å². The number of unbranched alkanes of at least 4 members (excludes halogenated alkanes) is 3. The highest BCUT2D eigenvalue weighted by atomic mass is 16.2. The zero-order chi connectivity index (χ0) is 14.5. The van der Waals surface area contributed by atoms with Crippen molar-refractivity contribution < 1.29 is 14.7 Å². The van der Waals surface area contributed by atoms with Crippen LogP contribution in [0.25, 0.3) is 0 Å². The van der Waals surface area contributed by atoms with Gasteiger partial charge in [-0.1, -0.05) is 32.3 Å². The fraction of sp³-hybridized carbons (Fsp3) is 0.750. The molecule has 1 N–H and O–H groups in total. The Kier molecular flexibility index (Phi) is 5.92. The SMILES string of the molecule is CC(CCCCCCO)=C1C(=O)CC(C)(C)CC1=O. The number of allylic oxidation sites excluding steroid dienone is 2. The molecule has 1 fully saturated rings. The molecule has 0 aromatic carbocycles. The smallest absolute Gasteiger partial charge is 0.166 e. The molecule has 108 valence electrons. The molecule has 0 radical (unpaired) electrons. The van der Waals surface area contributed by atoms with E-state index >= 15 is 0 Å². The molecule has 0 atom stereocenters. The predicted octanol–water partition coefficient (Wildman–Crippen LogP) is 3.20. The molecular formula is C16H26O3. The minimum Gasteiger partial charge on any atom is -0.396 e. The van der Waals surface area contributed by atoms with Gasteiger partial charge in [-0.2, -0.15) is 0 Å². The van der Waals surface area contributed by atoms with Crippen molar-refractivity contribution in [3.05, 3.63) is 11.1 Å². The molecule has 19 heavy (non-hydrogen) atoms. The maximum Gasteiger partial charge on any atom is 0.166 e. The van der Waals surface area contributed by atoms with E-state index in [-0.39, 0.29) is 23.6 Å². The molecule has 1 saturated carbocycles. The molecular weight excluding hydrogens is 240 g/mol. The minimum absolute atomic E-state index is 0.0223. The molecule has 1 aliphatic carbocycles. The summed E-state index contributed by atoms with van der Waals surface area (Å²) in [4.78, 5) is 24.2. The highest BCUT2D eigenvalue weighted by Gasteiger charge is 2.36. The summed E-state index contributed by atoms with van der Waals surface area (Å²) in [6.45, 7) is 6.11. The number of ketones is 2. The highest BCUT2D eigenvalue weighted by Crippen LogP contribution is 2.35. The lowest BCUT2D eigenvalue weighted by atomic mass is 9.73. The van der Waals surface area contributed by atoms with Crippen LogP contribution in [0.15, 0.2) is 11.1 Å². The zero-order valence-electron chi connectivity index (χ0n) is 12.4. The van der Waals surface area contributed by atoms with Crippen LogP contribution in [0.1, 0.15) is 65.7 Å². The Morgan fingerprint density at radius 2 is 1.58 bits per heavy atom. The fourth-order valence-corrected chi connectivity index (χ4v) is 2.72. The summed E-state index contributed by atoms with van der Waals surface area (Å²) in [5.74, 6) is 0.0446. The first kappa shape index (κ1) is 16.1. The fourth-order valence-electron chi connectivity index (χ4n) is 2.72. The third-order valence-corrected chi connectivity index (χ3v) is 3.72. The van der Waals surface area contributed by atoms with Gasteiger partial charge in [0.15, 0.2) is 11.6 Å². The average molecular weight is 266 g/mol. The second kappa shape index (κ2) is 6.99. The van der Waals surface area contributed by atoms with Crippen molar-refractivity contribution in [2.45, 2.75) is 65.7 Å². The van der Waals surface area contributed by atoms with Crippen LogP contribution in [0, 0.1) is 5.41 Å². The third kappa shape index (κ3) is 4.90. The lowest BCUT2D eigenvalue weighted by molar-refractivity contribution is -0.127. The van der Waals surface area contributed by atoms with Gasteiger partial charge in [0.2, 0.25) is 0 Å². The number of Topliss-reactive ketones (excluding diaryl/α,β-unsaturated/α-hetero) is 2. The van der Waals surface area contributed by atoms with Crippen LogP contribution < -0.4 is 0 Å². The molecule has 3 heteroatoms. The van der Waals surface area contributed by atoms with E-state index in [0.717, 1.165) is 37.7 Å². The van der Waals surface area contributed by atoms with Crippen molar-refractivity contribution in [2.75, 3.05) is 6.61 Å². The van der Waals surface area contributed by atoms with E-state index in [9.17, 15) is 9.59 Å². The molecule has 0 saturated heterocycles. The molecule has 0 aromatic rings. The van der Waals surface area contributed by atoms with E-state index in [1.807, 2.05) is 20.8 Å². The number of aliphatic hydroxyl groups is 1.